The summed E-state index contributed by atoms with van der Waals surface area (Å²) >= 11 is 11.8. The van der Waals surface area contributed by atoms with Gasteiger partial charge in [-0.05, 0) is 42.8 Å². The summed E-state index contributed by atoms with van der Waals surface area (Å²) in [4.78, 5) is 11.8. The molecule has 0 fully saturated rings. The number of hydrogen-bond acceptors (Lipinski definition) is 1. The molecular formula is C14H12Cl2N2O. The minimum absolute atomic E-state index is 0.366. The van der Waals surface area contributed by atoms with E-state index in [1.54, 1.807) is 18.2 Å². The number of carbonyl (C=O) groups excluding carboxylic acids is 1. The molecule has 0 aromatic heterocycles. The van der Waals surface area contributed by atoms with E-state index in [1.807, 2.05) is 31.2 Å². The zero-order valence-corrected chi connectivity index (χ0v) is 11.7. The monoisotopic (exact) mass is 294 g/mol. The zero-order valence-electron chi connectivity index (χ0n) is 10.2. The lowest BCUT2D eigenvalue weighted by atomic mass is 10.2. The quantitative estimate of drug-likeness (QED) is 0.809. The number of urea groups is 1. The van der Waals surface area contributed by atoms with Gasteiger partial charge < -0.3 is 10.6 Å². The third kappa shape index (κ3) is 3.88. The van der Waals surface area contributed by atoms with Crippen molar-refractivity contribution in [3.63, 3.8) is 0 Å². The van der Waals surface area contributed by atoms with Crippen LogP contribution >= 0.6 is 23.2 Å². The summed E-state index contributed by atoms with van der Waals surface area (Å²) in [6, 6.07) is 12.0. The van der Waals surface area contributed by atoms with Crippen LogP contribution in [0.4, 0.5) is 16.2 Å². The van der Waals surface area contributed by atoms with Gasteiger partial charge in [0.05, 0.1) is 10.7 Å². The highest BCUT2D eigenvalue weighted by Crippen LogP contribution is 2.25. The van der Waals surface area contributed by atoms with Crippen molar-refractivity contribution in [2.24, 2.45) is 0 Å². The van der Waals surface area contributed by atoms with E-state index >= 15 is 0 Å². The Bertz CT molecular complexity index is 614. The Morgan fingerprint density at radius 2 is 1.84 bits per heavy atom. The van der Waals surface area contributed by atoms with Crippen molar-refractivity contribution in [1.82, 2.24) is 0 Å². The van der Waals surface area contributed by atoms with Crippen molar-refractivity contribution in [3.8, 4) is 0 Å². The molecule has 19 heavy (non-hydrogen) atoms. The molecule has 0 aliphatic carbocycles. The first-order valence-corrected chi connectivity index (χ1v) is 6.40. The van der Waals surface area contributed by atoms with E-state index in [1.165, 1.54) is 0 Å². The third-order valence-corrected chi connectivity index (χ3v) is 3.02. The number of amides is 2. The average molecular weight is 295 g/mol. The number of hydrogen-bond donors (Lipinski definition) is 2. The Labute approximate surface area is 121 Å². The van der Waals surface area contributed by atoms with Crippen LogP contribution in [-0.2, 0) is 0 Å². The molecule has 0 unspecified atom stereocenters. The highest BCUT2D eigenvalue weighted by Gasteiger charge is 2.06. The minimum atomic E-state index is -0.366. The fourth-order valence-corrected chi connectivity index (χ4v) is 1.94. The van der Waals surface area contributed by atoms with Gasteiger partial charge in [0, 0.05) is 10.7 Å². The van der Waals surface area contributed by atoms with Crippen LogP contribution in [0.15, 0.2) is 42.5 Å². The molecule has 2 aromatic carbocycles. The smallest absolute Gasteiger partial charge is 0.308 e. The number of anilines is 2. The Balaban J connectivity index is 2.07. The molecule has 98 valence electrons. The number of aryl methyl sites for hydroxylation is 1. The van der Waals surface area contributed by atoms with Gasteiger partial charge in [-0.15, -0.1) is 0 Å². The molecule has 0 atom stereocenters. The van der Waals surface area contributed by atoms with Crippen LogP contribution in [0.5, 0.6) is 0 Å². The van der Waals surface area contributed by atoms with Crippen molar-refractivity contribution in [3.05, 3.63) is 58.1 Å². The Hall–Kier alpha value is -1.71. The van der Waals surface area contributed by atoms with Gasteiger partial charge in [0.15, 0.2) is 0 Å². The van der Waals surface area contributed by atoms with Crippen molar-refractivity contribution < 1.29 is 4.79 Å². The van der Waals surface area contributed by atoms with Gasteiger partial charge in [0.1, 0.15) is 0 Å². The lowest BCUT2D eigenvalue weighted by Gasteiger charge is -2.09. The summed E-state index contributed by atoms with van der Waals surface area (Å²) in [6.45, 7) is 1.96. The zero-order chi connectivity index (χ0) is 13.8. The third-order valence-electron chi connectivity index (χ3n) is 2.45. The predicted octanol–water partition coefficient (Wildman–Crippen LogP) is 4.95. The van der Waals surface area contributed by atoms with Crippen molar-refractivity contribution >= 4 is 40.6 Å². The molecule has 3 nitrogen and oxygen atoms in total. The van der Waals surface area contributed by atoms with Crippen LogP contribution in [0, 0.1) is 6.92 Å². The maximum atomic E-state index is 11.8. The summed E-state index contributed by atoms with van der Waals surface area (Å²) in [5, 5.41) is 6.32. The lowest BCUT2D eigenvalue weighted by Crippen LogP contribution is -2.19. The van der Waals surface area contributed by atoms with E-state index in [4.69, 9.17) is 23.2 Å². The molecule has 0 bridgehead atoms. The Kier molecular flexibility index (Phi) is 4.30. The second-order valence-corrected chi connectivity index (χ2v) is 4.92. The summed E-state index contributed by atoms with van der Waals surface area (Å²) in [6.07, 6.45) is 0. The SMILES string of the molecule is Cc1cccc(NC(=O)Nc2cc(Cl)ccc2Cl)c1. The van der Waals surface area contributed by atoms with E-state index in [2.05, 4.69) is 10.6 Å². The van der Waals surface area contributed by atoms with Crippen LogP contribution in [0.1, 0.15) is 5.56 Å². The molecule has 5 heteroatoms. The topological polar surface area (TPSA) is 41.1 Å². The number of rotatable bonds is 2. The maximum Gasteiger partial charge on any atom is 0.323 e. The van der Waals surface area contributed by atoms with Crippen molar-refractivity contribution in [1.29, 1.82) is 0 Å². The van der Waals surface area contributed by atoms with Gasteiger partial charge in [-0.2, -0.15) is 0 Å². The molecule has 2 aromatic rings. The molecule has 0 saturated carbocycles. The van der Waals surface area contributed by atoms with Gasteiger partial charge in [-0.25, -0.2) is 4.79 Å². The second-order valence-electron chi connectivity index (χ2n) is 4.07. The predicted molar refractivity (Wildman–Crippen MR) is 80.3 cm³/mol. The van der Waals surface area contributed by atoms with Crippen molar-refractivity contribution in [2.45, 2.75) is 6.92 Å². The maximum absolute atomic E-state index is 11.8. The molecule has 0 aliphatic heterocycles. The van der Waals surface area contributed by atoms with Crippen LogP contribution in [0.25, 0.3) is 0 Å². The summed E-state index contributed by atoms with van der Waals surface area (Å²) in [5.41, 5.74) is 2.26. The molecule has 2 rings (SSSR count). The van der Waals surface area contributed by atoms with Gasteiger partial charge >= 0.3 is 6.03 Å². The first-order chi connectivity index (χ1) is 9.04. The highest BCUT2D eigenvalue weighted by atomic mass is 35.5. The standard InChI is InChI=1S/C14H12Cl2N2O/c1-9-3-2-4-11(7-9)17-14(19)18-13-8-10(15)5-6-12(13)16/h2-8H,1H3,(H2,17,18,19). The summed E-state index contributed by atoms with van der Waals surface area (Å²) < 4.78 is 0. The first kappa shape index (κ1) is 13.7. The van der Waals surface area contributed by atoms with Gasteiger partial charge in [-0.1, -0.05) is 35.3 Å². The van der Waals surface area contributed by atoms with Gasteiger partial charge in [0.2, 0.25) is 0 Å². The highest BCUT2D eigenvalue weighted by molar-refractivity contribution is 6.35. The Morgan fingerprint density at radius 3 is 2.58 bits per heavy atom. The number of nitrogens with one attached hydrogen (secondary N) is 2. The molecule has 0 aliphatic rings. The van der Waals surface area contributed by atoms with Crippen LogP contribution in [-0.4, -0.2) is 6.03 Å². The average Bonchev–Trinajstić information content (AvgIpc) is 2.34. The molecule has 2 N–H and O–H groups in total. The Morgan fingerprint density at radius 1 is 1.05 bits per heavy atom. The normalized spacial score (nSPS) is 10.1. The van der Waals surface area contributed by atoms with Crippen LogP contribution in [0.2, 0.25) is 10.0 Å². The fraction of sp³-hybridized carbons (Fsp3) is 0.0714. The number of benzene rings is 2. The van der Waals surface area contributed by atoms with E-state index < -0.39 is 0 Å². The lowest BCUT2D eigenvalue weighted by molar-refractivity contribution is 0.262. The van der Waals surface area contributed by atoms with E-state index in [-0.39, 0.29) is 6.03 Å². The minimum Gasteiger partial charge on any atom is -0.308 e. The van der Waals surface area contributed by atoms with Gasteiger partial charge in [-0.3, -0.25) is 0 Å². The number of halogens is 2. The van der Waals surface area contributed by atoms with Crippen LogP contribution in [0.3, 0.4) is 0 Å². The van der Waals surface area contributed by atoms with E-state index in [9.17, 15) is 4.79 Å². The molecule has 0 heterocycles. The van der Waals surface area contributed by atoms with E-state index in [0.29, 0.717) is 15.7 Å². The number of carbonyl (C=O) groups is 1. The summed E-state index contributed by atoms with van der Waals surface area (Å²) in [5.74, 6) is 0. The molecule has 0 radical (unpaired) electrons. The van der Waals surface area contributed by atoms with Crippen LogP contribution < -0.4 is 10.6 Å². The van der Waals surface area contributed by atoms with Crippen molar-refractivity contribution in [2.75, 3.05) is 10.6 Å². The molecule has 2 amide bonds. The van der Waals surface area contributed by atoms with Gasteiger partial charge in [0.25, 0.3) is 0 Å². The second kappa shape index (κ2) is 5.95. The molecule has 0 saturated heterocycles. The largest absolute Gasteiger partial charge is 0.323 e. The molecule has 0 spiro atoms. The fourth-order valence-electron chi connectivity index (χ4n) is 1.60. The molecular weight excluding hydrogens is 283 g/mol. The first-order valence-electron chi connectivity index (χ1n) is 5.64. The van der Waals surface area contributed by atoms with E-state index in [0.717, 1.165) is 11.3 Å². The summed E-state index contributed by atoms with van der Waals surface area (Å²) in [7, 11) is 0.